The number of benzene rings is 1. The summed E-state index contributed by atoms with van der Waals surface area (Å²) in [6.07, 6.45) is -0.103. The van der Waals surface area contributed by atoms with Gasteiger partial charge in [-0.3, -0.25) is 0 Å². The zero-order valence-electron chi connectivity index (χ0n) is 12.9. The molecule has 1 atom stereocenters. The molecule has 6 heteroatoms. The summed E-state index contributed by atoms with van der Waals surface area (Å²) < 4.78 is 32.7. The summed E-state index contributed by atoms with van der Waals surface area (Å²) in [5, 5.41) is 0. The van der Waals surface area contributed by atoms with Crippen LogP contribution in [0.1, 0.15) is 31.9 Å². The van der Waals surface area contributed by atoms with Crippen LogP contribution < -0.4 is 5.73 Å². The zero-order valence-corrected chi connectivity index (χ0v) is 13.7. The monoisotopic (exact) mass is 312 g/mol. The Bertz CT molecular complexity index is 599. The van der Waals surface area contributed by atoms with Gasteiger partial charge in [0.1, 0.15) is 0 Å². The summed E-state index contributed by atoms with van der Waals surface area (Å²) in [7, 11) is -3.38. The minimum Gasteiger partial charge on any atom is -0.370 e. The smallest absolute Gasteiger partial charge is 0.218 e. The van der Waals surface area contributed by atoms with Crippen LogP contribution in [-0.2, 0) is 27.1 Å². The van der Waals surface area contributed by atoms with Crippen LogP contribution in [0.5, 0.6) is 0 Å². The normalized spacial score (nSPS) is 23.1. The first-order chi connectivity index (χ1) is 9.73. The van der Waals surface area contributed by atoms with Crippen LogP contribution in [0.3, 0.4) is 0 Å². The third-order valence-electron chi connectivity index (χ3n) is 3.61. The average Bonchev–Trinajstić information content (AvgIpc) is 2.36. The summed E-state index contributed by atoms with van der Waals surface area (Å²) in [5.74, 6) is -0.0107. The second-order valence-corrected chi connectivity index (χ2v) is 8.18. The van der Waals surface area contributed by atoms with E-state index in [0.717, 1.165) is 11.1 Å². The van der Waals surface area contributed by atoms with Gasteiger partial charge in [-0.15, -0.1) is 0 Å². The van der Waals surface area contributed by atoms with Crippen molar-refractivity contribution in [1.29, 1.82) is 0 Å². The molecule has 1 saturated heterocycles. The third kappa shape index (κ3) is 4.03. The Balaban J connectivity index is 2.22. The summed E-state index contributed by atoms with van der Waals surface area (Å²) in [5.41, 5.74) is 6.88. The minimum absolute atomic E-state index is 0.0107. The third-order valence-corrected chi connectivity index (χ3v) is 5.35. The van der Waals surface area contributed by atoms with Crippen molar-refractivity contribution < 1.29 is 13.2 Å². The van der Waals surface area contributed by atoms with Crippen molar-refractivity contribution in [2.45, 2.75) is 44.8 Å². The molecule has 21 heavy (non-hydrogen) atoms. The molecule has 1 aromatic rings. The van der Waals surface area contributed by atoms with Gasteiger partial charge in [0.15, 0.2) is 0 Å². The first-order valence-electron chi connectivity index (χ1n) is 7.16. The van der Waals surface area contributed by atoms with Crippen molar-refractivity contribution in [3.05, 3.63) is 35.4 Å². The molecule has 1 fully saturated rings. The second kappa shape index (κ2) is 6.04. The van der Waals surface area contributed by atoms with E-state index in [1.807, 2.05) is 45.0 Å². The van der Waals surface area contributed by atoms with Gasteiger partial charge in [-0.1, -0.05) is 24.3 Å². The Kier molecular flexibility index (Phi) is 4.72. The molecule has 0 aliphatic carbocycles. The second-order valence-electron chi connectivity index (χ2n) is 6.21. The molecule has 2 N–H and O–H groups in total. The Morgan fingerprint density at radius 3 is 2.52 bits per heavy atom. The van der Waals surface area contributed by atoms with E-state index < -0.39 is 15.6 Å². The van der Waals surface area contributed by atoms with Crippen LogP contribution in [0.15, 0.2) is 24.3 Å². The van der Waals surface area contributed by atoms with Crippen molar-refractivity contribution in [3.8, 4) is 0 Å². The van der Waals surface area contributed by atoms with E-state index in [2.05, 4.69) is 0 Å². The van der Waals surface area contributed by atoms with Crippen molar-refractivity contribution in [3.63, 3.8) is 0 Å². The molecule has 1 aromatic carbocycles. The maximum Gasteiger partial charge on any atom is 0.218 e. The number of hydrogen-bond acceptors (Lipinski definition) is 4. The molecule has 5 nitrogen and oxygen atoms in total. The molecule has 0 bridgehead atoms. The van der Waals surface area contributed by atoms with E-state index in [4.69, 9.17) is 10.5 Å². The zero-order chi connectivity index (χ0) is 15.7. The number of morpholine rings is 1. The summed E-state index contributed by atoms with van der Waals surface area (Å²) in [6.45, 7) is 6.85. The number of ether oxygens (including phenoxy) is 1. The molecule has 0 spiro atoms. The fraction of sp³-hybridized carbons (Fsp3) is 0.600. The van der Waals surface area contributed by atoms with E-state index in [0.29, 0.717) is 19.6 Å². The van der Waals surface area contributed by atoms with Crippen LogP contribution in [0.25, 0.3) is 0 Å². The lowest BCUT2D eigenvalue weighted by molar-refractivity contribution is -0.109. The SMILES string of the molecule is CC1CN(S(=O)(=O)Cc2ccccc2CN)CC(C)(C)O1. The predicted octanol–water partition coefficient (Wildman–Crippen LogP) is 1.47. The lowest BCUT2D eigenvalue weighted by Crippen LogP contribution is -2.53. The molecule has 1 aliphatic rings. The number of rotatable bonds is 4. The van der Waals surface area contributed by atoms with E-state index in [1.54, 1.807) is 0 Å². The number of sulfonamides is 1. The van der Waals surface area contributed by atoms with Crippen LogP contribution in [-0.4, -0.2) is 37.5 Å². The Morgan fingerprint density at radius 1 is 1.33 bits per heavy atom. The minimum atomic E-state index is -3.38. The van der Waals surface area contributed by atoms with E-state index in [9.17, 15) is 8.42 Å². The maximum atomic E-state index is 12.7. The van der Waals surface area contributed by atoms with Crippen LogP contribution in [0.4, 0.5) is 0 Å². The fourth-order valence-electron chi connectivity index (χ4n) is 2.79. The average molecular weight is 312 g/mol. The predicted molar refractivity (Wildman–Crippen MR) is 83.2 cm³/mol. The summed E-state index contributed by atoms with van der Waals surface area (Å²) >= 11 is 0. The molecule has 2 rings (SSSR count). The molecule has 1 unspecified atom stereocenters. The topological polar surface area (TPSA) is 72.6 Å². The van der Waals surface area contributed by atoms with Gasteiger partial charge in [-0.2, -0.15) is 4.31 Å². The van der Waals surface area contributed by atoms with Gasteiger partial charge in [-0.05, 0) is 31.9 Å². The largest absolute Gasteiger partial charge is 0.370 e. The van der Waals surface area contributed by atoms with E-state index in [-0.39, 0.29) is 11.9 Å². The number of nitrogens with two attached hydrogens (primary N) is 1. The van der Waals surface area contributed by atoms with Gasteiger partial charge < -0.3 is 10.5 Å². The molecule has 118 valence electrons. The van der Waals surface area contributed by atoms with E-state index >= 15 is 0 Å². The summed E-state index contributed by atoms with van der Waals surface area (Å²) in [4.78, 5) is 0. The van der Waals surface area contributed by atoms with Crippen LogP contribution in [0, 0.1) is 0 Å². The lowest BCUT2D eigenvalue weighted by Gasteiger charge is -2.41. The molecule has 0 saturated carbocycles. The van der Waals surface area contributed by atoms with Gasteiger partial charge in [0.2, 0.25) is 10.0 Å². The maximum absolute atomic E-state index is 12.7. The molecular weight excluding hydrogens is 288 g/mol. The van der Waals surface area contributed by atoms with Crippen molar-refractivity contribution >= 4 is 10.0 Å². The molecule has 0 amide bonds. The van der Waals surface area contributed by atoms with E-state index in [1.165, 1.54) is 4.31 Å². The summed E-state index contributed by atoms with van der Waals surface area (Å²) in [6, 6.07) is 7.42. The van der Waals surface area contributed by atoms with Gasteiger partial charge >= 0.3 is 0 Å². The van der Waals surface area contributed by atoms with Gasteiger partial charge in [0, 0.05) is 19.6 Å². The van der Waals surface area contributed by atoms with Crippen molar-refractivity contribution in [2.75, 3.05) is 13.1 Å². The fourth-order valence-corrected chi connectivity index (χ4v) is 4.59. The first-order valence-corrected chi connectivity index (χ1v) is 8.77. The van der Waals surface area contributed by atoms with Gasteiger partial charge in [0.25, 0.3) is 0 Å². The lowest BCUT2D eigenvalue weighted by atomic mass is 10.1. The Morgan fingerprint density at radius 2 is 1.95 bits per heavy atom. The highest BCUT2D eigenvalue weighted by molar-refractivity contribution is 7.88. The highest BCUT2D eigenvalue weighted by Gasteiger charge is 2.37. The Labute approximate surface area is 127 Å². The van der Waals surface area contributed by atoms with Crippen molar-refractivity contribution in [2.24, 2.45) is 5.73 Å². The molecular formula is C15H24N2O3S. The highest BCUT2D eigenvalue weighted by Crippen LogP contribution is 2.25. The van der Waals surface area contributed by atoms with Gasteiger partial charge in [-0.25, -0.2) is 8.42 Å². The van der Waals surface area contributed by atoms with Gasteiger partial charge in [0.05, 0.1) is 17.5 Å². The van der Waals surface area contributed by atoms with Crippen molar-refractivity contribution in [1.82, 2.24) is 4.31 Å². The van der Waals surface area contributed by atoms with Crippen LogP contribution in [0.2, 0.25) is 0 Å². The van der Waals surface area contributed by atoms with Crippen LogP contribution >= 0.6 is 0 Å². The quantitative estimate of drug-likeness (QED) is 0.914. The standard InChI is InChI=1S/C15H24N2O3S/c1-12-9-17(11-15(2,3)20-12)21(18,19)10-14-7-5-4-6-13(14)8-16/h4-7,12H,8-11,16H2,1-3H3. The highest BCUT2D eigenvalue weighted by atomic mass is 32.2. The molecule has 1 aliphatic heterocycles. The molecule has 0 radical (unpaired) electrons. The molecule has 0 aromatic heterocycles. The Hall–Kier alpha value is -0.950. The number of hydrogen-bond donors (Lipinski definition) is 1. The first kappa shape index (κ1) is 16.4. The number of nitrogens with zero attached hydrogens (tertiary/aromatic N) is 1. The molecule has 1 heterocycles.